The van der Waals surface area contributed by atoms with Crippen LogP contribution in [0.3, 0.4) is 0 Å². The standard InChI is InChI=1S/C25H30N8OS/c26-20-7-10-27-16-22(20)31-25(35)28-11-14-32-12-8-18(9-13-32)29-24-30-21-5-1-2-6-23(21)33(24)17-19-4-3-15-34-19/h1-7,10,15-16,18H,8-9,11-14,17H2,(H2,26,27)(H,29,30)(H2,28,31,35). The molecule has 35 heavy (non-hydrogen) atoms. The number of nitrogens with two attached hydrogens (primary N) is 1. The number of nitrogens with zero attached hydrogens (tertiary/aromatic N) is 4. The van der Waals surface area contributed by atoms with E-state index in [2.05, 4.69) is 42.5 Å². The fourth-order valence-electron chi connectivity index (χ4n) is 4.39. The van der Waals surface area contributed by atoms with Crippen LogP contribution in [0.15, 0.2) is 65.5 Å². The smallest absolute Gasteiger partial charge is 0.204 e. The molecule has 9 nitrogen and oxygen atoms in total. The van der Waals surface area contributed by atoms with E-state index in [1.54, 1.807) is 24.7 Å². The van der Waals surface area contributed by atoms with E-state index < -0.39 is 0 Å². The number of hydrogen-bond donors (Lipinski definition) is 4. The van der Waals surface area contributed by atoms with Crippen LogP contribution in [0.4, 0.5) is 17.3 Å². The number of imidazole rings is 1. The van der Waals surface area contributed by atoms with Gasteiger partial charge in [0.1, 0.15) is 5.76 Å². The molecule has 0 radical (unpaired) electrons. The maximum absolute atomic E-state index is 5.93. The number of fused-ring (bicyclic) bond motifs is 1. The van der Waals surface area contributed by atoms with Crippen LogP contribution in [-0.4, -0.2) is 56.8 Å². The van der Waals surface area contributed by atoms with Gasteiger partial charge in [-0.25, -0.2) is 4.98 Å². The molecule has 1 aliphatic rings. The van der Waals surface area contributed by atoms with Gasteiger partial charge in [0.05, 0.1) is 41.4 Å². The summed E-state index contributed by atoms with van der Waals surface area (Å²) in [5, 5.41) is 10.6. The second-order valence-corrected chi connectivity index (χ2v) is 9.10. The Kier molecular flexibility index (Phi) is 7.10. The predicted molar refractivity (Wildman–Crippen MR) is 144 cm³/mol. The Morgan fingerprint density at radius 2 is 2.00 bits per heavy atom. The summed E-state index contributed by atoms with van der Waals surface area (Å²) in [6, 6.07) is 14.3. The molecule has 5 rings (SSSR count). The lowest BCUT2D eigenvalue weighted by atomic mass is 10.1. The molecule has 182 valence electrons. The van der Waals surface area contributed by atoms with Crippen LogP contribution in [0.2, 0.25) is 0 Å². The first-order valence-electron chi connectivity index (χ1n) is 11.9. The fourth-order valence-corrected chi connectivity index (χ4v) is 4.60. The average molecular weight is 491 g/mol. The molecule has 0 spiro atoms. The number of furan rings is 1. The van der Waals surface area contributed by atoms with E-state index in [-0.39, 0.29) is 0 Å². The van der Waals surface area contributed by atoms with E-state index in [1.807, 2.05) is 24.3 Å². The molecular weight excluding hydrogens is 460 g/mol. The van der Waals surface area contributed by atoms with Gasteiger partial charge in [0, 0.05) is 38.4 Å². The van der Waals surface area contributed by atoms with Crippen molar-refractivity contribution in [1.82, 2.24) is 24.8 Å². The van der Waals surface area contributed by atoms with Crippen LogP contribution in [0.25, 0.3) is 11.0 Å². The fraction of sp³-hybridized carbons (Fsp3) is 0.320. The Labute approximate surface area is 209 Å². The minimum atomic E-state index is 0.377. The van der Waals surface area contributed by atoms with Crippen LogP contribution in [0, 0.1) is 0 Å². The van der Waals surface area contributed by atoms with Crippen LogP contribution in [0.5, 0.6) is 0 Å². The summed E-state index contributed by atoms with van der Waals surface area (Å²) in [4.78, 5) is 11.4. The van der Waals surface area contributed by atoms with Gasteiger partial charge in [-0.3, -0.25) is 4.98 Å². The normalized spacial score (nSPS) is 14.7. The van der Waals surface area contributed by atoms with Crippen molar-refractivity contribution in [3.63, 3.8) is 0 Å². The zero-order valence-corrected chi connectivity index (χ0v) is 20.3. The van der Waals surface area contributed by atoms with Crippen molar-refractivity contribution in [3.05, 3.63) is 66.9 Å². The number of nitrogen functional groups attached to an aromatic ring is 1. The van der Waals surface area contributed by atoms with Gasteiger partial charge in [-0.1, -0.05) is 12.1 Å². The van der Waals surface area contributed by atoms with Gasteiger partial charge in [-0.15, -0.1) is 0 Å². The van der Waals surface area contributed by atoms with Crippen LogP contribution < -0.4 is 21.7 Å². The zero-order chi connectivity index (χ0) is 24.0. The molecule has 0 bridgehead atoms. The van der Waals surface area contributed by atoms with Crippen molar-refractivity contribution in [2.75, 3.05) is 42.5 Å². The van der Waals surface area contributed by atoms with Gasteiger partial charge >= 0.3 is 0 Å². The monoisotopic (exact) mass is 490 g/mol. The molecule has 1 aromatic carbocycles. The van der Waals surface area contributed by atoms with Gasteiger partial charge in [0.15, 0.2) is 5.11 Å². The molecule has 10 heteroatoms. The van der Waals surface area contributed by atoms with Gasteiger partial charge in [0.25, 0.3) is 0 Å². The van der Waals surface area contributed by atoms with E-state index in [1.165, 1.54) is 0 Å². The summed E-state index contributed by atoms with van der Waals surface area (Å²) in [6.45, 7) is 4.39. The van der Waals surface area contributed by atoms with E-state index >= 15 is 0 Å². The van der Waals surface area contributed by atoms with Gasteiger partial charge in [-0.2, -0.15) is 0 Å². The molecule has 1 fully saturated rings. The van der Waals surface area contributed by atoms with Crippen molar-refractivity contribution in [2.24, 2.45) is 0 Å². The van der Waals surface area contributed by atoms with Crippen molar-refractivity contribution in [2.45, 2.75) is 25.4 Å². The van der Waals surface area contributed by atoms with Crippen LogP contribution in [0.1, 0.15) is 18.6 Å². The number of para-hydroxylation sites is 2. The number of pyridine rings is 1. The Bertz CT molecular complexity index is 1260. The van der Waals surface area contributed by atoms with Crippen molar-refractivity contribution in [1.29, 1.82) is 0 Å². The number of hydrogen-bond acceptors (Lipinski definition) is 7. The quantitative estimate of drug-likeness (QED) is 0.276. The van der Waals surface area contributed by atoms with E-state index in [0.717, 1.165) is 67.5 Å². The molecule has 5 N–H and O–H groups in total. The summed E-state index contributed by atoms with van der Waals surface area (Å²) in [7, 11) is 0. The molecule has 1 saturated heterocycles. The molecule has 0 aliphatic carbocycles. The minimum Gasteiger partial charge on any atom is -0.467 e. The first kappa shape index (κ1) is 23.1. The summed E-state index contributed by atoms with van der Waals surface area (Å²) in [5.41, 5.74) is 9.36. The molecule has 0 saturated carbocycles. The Morgan fingerprint density at radius 3 is 2.80 bits per heavy atom. The van der Waals surface area contributed by atoms with Crippen molar-refractivity contribution >= 4 is 45.7 Å². The number of thiocarbonyl (C=S) groups is 1. The predicted octanol–water partition coefficient (Wildman–Crippen LogP) is 3.52. The van der Waals surface area contributed by atoms with Crippen LogP contribution >= 0.6 is 12.2 Å². The number of likely N-dealkylation sites (tertiary alicyclic amines) is 1. The SMILES string of the molecule is Nc1ccncc1NC(=S)NCCN1CCC(Nc2nc3ccccc3n2Cc2ccco2)CC1. The molecule has 4 heterocycles. The lowest BCUT2D eigenvalue weighted by Gasteiger charge is -2.32. The highest BCUT2D eigenvalue weighted by molar-refractivity contribution is 7.80. The summed E-state index contributed by atoms with van der Waals surface area (Å²) in [5.74, 6) is 1.81. The van der Waals surface area contributed by atoms with Crippen molar-refractivity contribution in [3.8, 4) is 0 Å². The minimum absolute atomic E-state index is 0.377. The Hall–Kier alpha value is -3.63. The number of piperidine rings is 1. The molecule has 3 aromatic heterocycles. The number of anilines is 3. The lowest BCUT2D eigenvalue weighted by Crippen LogP contribution is -2.43. The second kappa shape index (κ2) is 10.7. The summed E-state index contributed by atoms with van der Waals surface area (Å²) in [6.07, 6.45) is 7.15. The Balaban J connectivity index is 1.11. The summed E-state index contributed by atoms with van der Waals surface area (Å²) >= 11 is 5.38. The first-order chi connectivity index (χ1) is 17.2. The Morgan fingerprint density at radius 1 is 1.14 bits per heavy atom. The molecular formula is C25H30N8OS. The second-order valence-electron chi connectivity index (χ2n) is 8.69. The van der Waals surface area contributed by atoms with E-state index in [0.29, 0.717) is 23.4 Å². The first-order valence-corrected chi connectivity index (χ1v) is 12.3. The third kappa shape index (κ3) is 5.72. The number of aromatic nitrogens is 3. The highest BCUT2D eigenvalue weighted by Crippen LogP contribution is 2.24. The summed E-state index contributed by atoms with van der Waals surface area (Å²) < 4.78 is 7.80. The molecule has 0 unspecified atom stereocenters. The highest BCUT2D eigenvalue weighted by Gasteiger charge is 2.21. The molecule has 1 aliphatic heterocycles. The third-order valence-corrected chi connectivity index (χ3v) is 6.53. The number of benzene rings is 1. The van der Waals surface area contributed by atoms with E-state index in [4.69, 9.17) is 27.4 Å². The maximum atomic E-state index is 5.93. The zero-order valence-electron chi connectivity index (χ0n) is 19.5. The number of rotatable bonds is 8. The molecule has 4 aromatic rings. The molecule has 0 atom stereocenters. The average Bonchev–Trinajstić information content (AvgIpc) is 3.50. The maximum Gasteiger partial charge on any atom is 0.204 e. The van der Waals surface area contributed by atoms with Gasteiger partial charge in [0.2, 0.25) is 5.95 Å². The largest absolute Gasteiger partial charge is 0.467 e. The van der Waals surface area contributed by atoms with Gasteiger partial charge < -0.3 is 35.6 Å². The van der Waals surface area contributed by atoms with E-state index in [9.17, 15) is 0 Å². The number of nitrogens with one attached hydrogen (secondary N) is 3. The molecule has 0 amide bonds. The van der Waals surface area contributed by atoms with Crippen molar-refractivity contribution < 1.29 is 4.42 Å². The van der Waals surface area contributed by atoms with Gasteiger partial charge in [-0.05, 0) is 55.4 Å². The third-order valence-electron chi connectivity index (χ3n) is 6.29. The van der Waals surface area contributed by atoms with Crippen LogP contribution in [-0.2, 0) is 6.54 Å². The lowest BCUT2D eigenvalue weighted by molar-refractivity contribution is 0.222. The topological polar surface area (TPSA) is 109 Å². The highest BCUT2D eigenvalue weighted by atomic mass is 32.1.